The van der Waals surface area contributed by atoms with Crippen molar-refractivity contribution in [3.8, 4) is 0 Å². The third kappa shape index (κ3) is 4.33. The summed E-state index contributed by atoms with van der Waals surface area (Å²) in [4.78, 5) is 23.1. The van der Waals surface area contributed by atoms with Crippen LogP contribution >= 0.6 is 0 Å². The second-order valence-electron chi connectivity index (χ2n) is 6.45. The van der Waals surface area contributed by atoms with Crippen molar-refractivity contribution in [3.63, 3.8) is 0 Å². The molecule has 120 valence electrons. The topological polar surface area (TPSA) is 66.4 Å². The highest BCUT2D eigenvalue weighted by Gasteiger charge is 2.33. The van der Waals surface area contributed by atoms with Crippen LogP contribution < -0.4 is 5.32 Å². The van der Waals surface area contributed by atoms with Gasteiger partial charge in [-0.05, 0) is 36.3 Å². The Balaban J connectivity index is 1.81. The first-order chi connectivity index (χ1) is 10.5. The summed E-state index contributed by atoms with van der Waals surface area (Å²) in [5.74, 6) is -0.764. The van der Waals surface area contributed by atoms with E-state index in [1.807, 2.05) is 0 Å². The summed E-state index contributed by atoms with van der Waals surface area (Å²) in [6.45, 7) is 4.31. The highest BCUT2D eigenvalue weighted by Crippen LogP contribution is 2.26. The number of aliphatic carboxylic acids is 1. The van der Waals surface area contributed by atoms with Gasteiger partial charge in [-0.3, -0.25) is 9.59 Å². The van der Waals surface area contributed by atoms with Gasteiger partial charge in [0.15, 0.2) is 0 Å². The van der Waals surface area contributed by atoms with E-state index < -0.39 is 11.9 Å². The first-order valence-electron chi connectivity index (χ1n) is 8.08. The molecule has 0 spiro atoms. The SMILES string of the molecule is CC(C)c1ccc(CCC(=O)N[C@@H]2CCC[C@@H]2C(=O)O)cc1. The zero-order chi connectivity index (χ0) is 16.1. The quantitative estimate of drug-likeness (QED) is 0.848. The molecule has 4 nitrogen and oxygen atoms in total. The molecule has 2 N–H and O–H groups in total. The van der Waals surface area contributed by atoms with Gasteiger partial charge < -0.3 is 10.4 Å². The molecule has 0 aromatic heterocycles. The highest BCUT2D eigenvalue weighted by atomic mass is 16.4. The average molecular weight is 303 g/mol. The van der Waals surface area contributed by atoms with Gasteiger partial charge in [0.05, 0.1) is 5.92 Å². The molecular formula is C18H25NO3. The lowest BCUT2D eigenvalue weighted by Crippen LogP contribution is -2.40. The van der Waals surface area contributed by atoms with E-state index in [-0.39, 0.29) is 11.9 Å². The fourth-order valence-corrected chi connectivity index (χ4v) is 3.03. The Labute approximate surface area is 131 Å². The lowest BCUT2D eigenvalue weighted by Gasteiger charge is -2.17. The molecular weight excluding hydrogens is 278 g/mol. The Morgan fingerprint density at radius 1 is 1.23 bits per heavy atom. The molecule has 0 radical (unpaired) electrons. The first-order valence-corrected chi connectivity index (χ1v) is 8.08. The Morgan fingerprint density at radius 3 is 2.50 bits per heavy atom. The molecule has 2 rings (SSSR count). The van der Waals surface area contributed by atoms with Crippen LogP contribution in [0.3, 0.4) is 0 Å². The van der Waals surface area contributed by atoms with E-state index in [1.54, 1.807) is 0 Å². The van der Waals surface area contributed by atoms with Crippen LogP contribution in [0.4, 0.5) is 0 Å². The molecule has 2 atom stereocenters. The highest BCUT2D eigenvalue weighted by molar-refractivity contribution is 5.78. The number of benzene rings is 1. The van der Waals surface area contributed by atoms with Crippen LogP contribution in [0.2, 0.25) is 0 Å². The zero-order valence-electron chi connectivity index (χ0n) is 13.3. The Kier molecular flexibility index (Phi) is 5.58. The van der Waals surface area contributed by atoms with Crippen molar-refractivity contribution >= 4 is 11.9 Å². The molecule has 1 aromatic rings. The van der Waals surface area contributed by atoms with Crippen LogP contribution in [-0.4, -0.2) is 23.0 Å². The van der Waals surface area contributed by atoms with Crippen molar-refractivity contribution in [2.45, 2.75) is 57.9 Å². The van der Waals surface area contributed by atoms with Crippen LogP contribution in [0.15, 0.2) is 24.3 Å². The van der Waals surface area contributed by atoms with Crippen LogP contribution in [-0.2, 0) is 16.0 Å². The predicted molar refractivity (Wildman–Crippen MR) is 85.8 cm³/mol. The van der Waals surface area contributed by atoms with Crippen molar-refractivity contribution in [1.82, 2.24) is 5.32 Å². The molecule has 0 aliphatic heterocycles. The summed E-state index contributed by atoms with van der Waals surface area (Å²) in [5, 5.41) is 12.0. The van der Waals surface area contributed by atoms with Gasteiger partial charge in [0.1, 0.15) is 0 Å². The summed E-state index contributed by atoms with van der Waals surface area (Å²) in [6.07, 6.45) is 3.40. The van der Waals surface area contributed by atoms with Crippen LogP contribution in [0.25, 0.3) is 0 Å². The molecule has 1 amide bonds. The van der Waals surface area contributed by atoms with E-state index in [9.17, 15) is 9.59 Å². The van der Waals surface area contributed by atoms with Crippen molar-refractivity contribution in [2.24, 2.45) is 5.92 Å². The molecule has 22 heavy (non-hydrogen) atoms. The van der Waals surface area contributed by atoms with Gasteiger partial charge >= 0.3 is 5.97 Å². The maximum Gasteiger partial charge on any atom is 0.308 e. The molecule has 0 bridgehead atoms. The maximum atomic E-state index is 12.0. The minimum atomic E-state index is -0.799. The van der Waals surface area contributed by atoms with Gasteiger partial charge in [-0.1, -0.05) is 44.5 Å². The Morgan fingerprint density at radius 2 is 1.91 bits per heavy atom. The van der Waals surface area contributed by atoms with E-state index in [1.165, 1.54) is 5.56 Å². The summed E-state index contributed by atoms with van der Waals surface area (Å²) in [6, 6.07) is 8.15. The van der Waals surface area contributed by atoms with Crippen LogP contribution in [0.5, 0.6) is 0 Å². The fraction of sp³-hybridized carbons (Fsp3) is 0.556. The molecule has 1 aliphatic carbocycles. The van der Waals surface area contributed by atoms with Crippen molar-refractivity contribution in [2.75, 3.05) is 0 Å². The normalized spacial score (nSPS) is 21.0. The first kappa shape index (κ1) is 16.5. The van der Waals surface area contributed by atoms with E-state index in [2.05, 4.69) is 43.4 Å². The fourth-order valence-electron chi connectivity index (χ4n) is 3.03. The number of hydrogen-bond donors (Lipinski definition) is 2. The average Bonchev–Trinajstić information content (AvgIpc) is 2.94. The number of nitrogens with one attached hydrogen (secondary N) is 1. The number of rotatable bonds is 6. The molecule has 1 aliphatic rings. The third-order valence-electron chi connectivity index (χ3n) is 4.47. The number of carbonyl (C=O) groups is 2. The standard InChI is InChI=1S/C18H25NO3/c1-12(2)14-9-6-13(7-10-14)8-11-17(20)19-16-5-3-4-15(16)18(21)22/h6-7,9-10,12,15-16H,3-5,8,11H2,1-2H3,(H,19,20)(H,21,22)/t15-,16+/m0/s1. The van der Waals surface area contributed by atoms with Crippen molar-refractivity contribution in [1.29, 1.82) is 0 Å². The van der Waals surface area contributed by atoms with Crippen molar-refractivity contribution < 1.29 is 14.7 Å². The van der Waals surface area contributed by atoms with Gasteiger partial charge in [-0.2, -0.15) is 0 Å². The zero-order valence-corrected chi connectivity index (χ0v) is 13.3. The minimum absolute atomic E-state index is 0.0499. The summed E-state index contributed by atoms with van der Waals surface area (Å²) in [5.41, 5.74) is 2.43. The Bertz CT molecular complexity index is 522. The van der Waals surface area contributed by atoms with Gasteiger partial charge in [0, 0.05) is 12.5 Å². The monoisotopic (exact) mass is 303 g/mol. The second kappa shape index (κ2) is 7.43. The van der Waals surface area contributed by atoms with E-state index in [0.29, 0.717) is 25.2 Å². The van der Waals surface area contributed by atoms with Gasteiger partial charge in [0.2, 0.25) is 5.91 Å². The van der Waals surface area contributed by atoms with Gasteiger partial charge in [-0.25, -0.2) is 0 Å². The number of amides is 1. The van der Waals surface area contributed by atoms with Crippen LogP contribution in [0, 0.1) is 5.92 Å². The lowest BCUT2D eigenvalue weighted by molar-refractivity contribution is -0.142. The maximum absolute atomic E-state index is 12.0. The predicted octanol–water partition coefficient (Wildman–Crippen LogP) is 3.11. The minimum Gasteiger partial charge on any atom is -0.481 e. The molecule has 1 fully saturated rings. The molecule has 0 heterocycles. The number of aryl methyl sites for hydroxylation is 1. The number of carbonyl (C=O) groups excluding carboxylic acids is 1. The molecule has 1 saturated carbocycles. The molecule has 4 heteroatoms. The molecule has 1 aromatic carbocycles. The summed E-state index contributed by atoms with van der Waals surface area (Å²) in [7, 11) is 0. The third-order valence-corrected chi connectivity index (χ3v) is 4.47. The number of carboxylic acids is 1. The molecule has 0 unspecified atom stereocenters. The largest absolute Gasteiger partial charge is 0.481 e. The number of hydrogen-bond acceptors (Lipinski definition) is 2. The Hall–Kier alpha value is -1.84. The summed E-state index contributed by atoms with van der Waals surface area (Å²) >= 11 is 0. The second-order valence-corrected chi connectivity index (χ2v) is 6.45. The van der Waals surface area contributed by atoms with E-state index in [0.717, 1.165) is 18.4 Å². The molecule has 0 saturated heterocycles. The van der Waals surface area contributed by atoms with Gasteiger partial charge in [0.25, 0.3) is 0 Å². The van der Waals surface area contributed by atoms with Crippen molar-refractivity contribution in [3.05, 3.63) is 35.4 Å². The lowest BCUT2D eigenvalue weighted by atomic mass is 10.00. The van der Waals surface area contributed by atoms with E-state index in [4.69, 9.17) is 5.11 Å². The summed E-state index contributed by atoms with van der Waals surface area (Å²) < 4.78 is 0. The van der Waals surface area contributed by atoms with Crippen LogP contribution in [0.1, 0.15) is 56.6 Å². The van der Waals surface area contributed by atoms with Gasteiger partial charge in [-0.15, -0.1) is 0 Å². The number of carboxylic acid groups (broad SMARTS) is 1. The smallest absolute Gasteiger partial charge is 0.308 e. The van der Waals surface area contributed by atoms with E-state index >= 15 is 0 Å².